The standard InChI is InChI=1S/C36H37N3O7/c1-40-28-10-8-26(9-11-28)39(27-13-15-38-30(21-27)25-19-33(43-4)36(46-7)34(20-25)44-5)22-23-12-14-37-29(16-23)24-17-31(41-2)35(45-6)32(18-24)42-3/h8-21H,22H2,1-7H3. The Labute approximate surface area is 269 Å². The number of pyridine rings is 2. The van der Waals surface area contributed by atoms with Crippen molar-refractivity contribution in [1.29, 1.82) is 0 Å². The zero-order valence-corrected chi connectivity index (χ0v) is 27.0. The summed E-state index contributed by atoms with van der Waals surface area (Å²) in [6.45, 7) is 0.533. The number of anilines is 2. The summed E-state index contributed by atoms with van der Waals surface area (Å²) in [6, 6.07) is 23.6. The fraction of sp³-hybridized carbons (Fsp3) is 0.222. The molecule has 46 heavy (non-hydrogen) atoms. The minimum atomic E-state index is 0.519. The van der Waals surface area contributed by atoms with Gasteiger partial charge in [0.2, 0.25) is 11.5 Å². The van der Waals surface area contributed by atoms with E-state index in [-0.39, 0.29) is 0 Å². The second-order valence-electron chi connectivity index (χ2n) is 10.1. The molecule has 5 aromatic rings. The first-order valence-corrected chi connectivity index (χ1v) is 14.4. The lowest BCUT2D eigenvalue weighted by molar-refractivity contribution is 0.324. The molecule has 0 aliphatic heterocycles. The van der Waals surface area contributed by atoms with E-state index in [2.05, 4.69) is 20.9 Å². The maximum absolute atomic E-state index is 5.59. The quantitative estimate of drug-likeness (QED) is 0.134. The monoisotopic (exact) mass is 623 g/mol. The average molecular weight is 624 g/mol. The van der Waals surface area contributed by atoms with Crippen LogP contribution in [0.2, 0.25) is 0 Å². The highest BCUT2D eigenvalue weighted by Gasteiger charge is 2.19. The van der Waals surface area contributed by atoms with Crippen molar-refractivity contribution in [3.8, 4) is 62.8 Å². The van der Waals surface area contributed by atoms with Crippen LogP contribution in [0.15, 0.2) is 85.2 Å². The van der Waals surface area contributed by atoms with Crippen molar-refractivity contribution in [1.82, 2.24) is 9.97 Å². The van der Waals surface area contributed by atoms with Gasteiger partial charge in [0.15, 0.2) is 23.0 Å². The maximum Gasteiger partial charge on any atom is 0.203 e. The Morgan fingerprint density at radius 3 is 1.41 bits per heavy atom. The third kappa shape index (κ3) is 6.56. The minimum Gasteiger partial charge on any atom is -0.497 e. The van der Waals surface area contributed by atoms with Gasteiger partial charge in [0.1, 0.15) is 5.75 Å². The van der Waals surface area contributed by atoms with Crippen molar-refractivity contribution in [2.24, 2.45) is 0 Å². The summed E-state index contributed by atoms with van der Waals surface area (Å²) in [6.07, 6.45) is 3.59. The van der Waals surface area contributed by atoms with Crippen LogP contribution in [0, 0.1) is 0 Å². The van der Waals surface area contributed by atoms with E-state index in [4.69, 9.17) is 33.2 Å². The highest BCUT2D eigenvalue weighted by atomic mass is 16.5. The van der Waals surface area contributed by atoms with E-state index in [1.165, 1.54) is 0 Å². The van der Waals surface area contributed by atoms with Gasteiger partial charge in [-0.25, -0.2) is 0 Å². The fourth-order valence-corrected chi connectivity index (χ4v) is 5.21. The summed E-state index contributed by atoms with van der Waals surface area (Å²) < 4.78 is 38.8. The molecule has 10 heteroatoms. The van der Waals surface area contributed by atoms with Gasteiger partial charge in [0, 0.05) is 41.4 Å². The molecule has 0 amide bonds. The van der Waals surface area contributed by atoms with Crippen LogP contribution in [0.3, 0.4) is 0 Å². The molecule has 0 fully saturated rings. The number of rotatable bonds is 13. The molecule has 0 saturated heterocycles. The van der Waals surface area contributed by atoms with E-state index in [1.54, 1.807) is 62.2 Å². The Balaban J connectivity index is 1.57. The lowest BCUT2D eigenvalue weighted by Crippen LogP contribution is -2.17. The molecule has 10 nitrogen and oxygen atoms in total. The van der Waals surface area contributed by atoms with Crippen molar-refractivity contribution in [2.45, 2.75) is 6.54 Å². The molecular weight excluding hydrogens is 586 g/mol. The first-order valence-electron chi connectivity index (χ1n) is 14.4. The zero-order valence-electron chi connectivity index (χ0n) is 27.0. The van der Waals surface area contributed by atoms with Crippen molar-refractivity contribution in [3.05, 3.63) is 90.8 Å². The molecule has 0 N–H and O–H groups in total. The summed E-state index contributed by atoms with van der Waals surface area (Å²) in [5.74, 6) is 4.02. The number of nitrogens with zero attached hydrogens (tertiary/aromatic N) is 3. The summed E-state index contributed by atoms with van der Waals surface area (Å²) in [5, 5.41) is 0. The van der Waals surface area contributed by atoms with Gasteiger partial charge in [-0.05, 0) is 78.4 Å². The van der Waals surface area contributed by atoms with Crippen molar-refractivity contribution >= 4 is 11.4 Å². The molecule has 0 radical (unpaired) electrons. The van der Waals surface area contributed by atoms with E-state index >= 15 is 0 Å². The van der Waals surface area contributed by atoms with E-state index in [1.807, 2.05) is 66.7 Å². The van der Waals surface area contributed by atoms with Crippen molar-refractivity contribution < 1.29 is 33.2 Å². The molecule has 0 saturated carbocycles. The molecule has 5 rings (SSSR count). The predicted molar refractivity (Wildman–Crippen MR) is 177 cm³/mol. The number of methoxy groups -OCH3 is 7. The molecule has 0 aliphatic rings. The molecule has 0 spiro atoms. The topological polar surface area (TPSA) is 93.6 Å². The third-order valence-electron chi connectivity index (χ3n) is 7.53. The third-order valence-corrected chi connectivity index (χ3v) is 7.53. The van der Waals surface area contributed by atoms with E-state index < -0.39 is 0 Å². The Morgan fingerprint density at radius 2 is 0.957 bits per heavy atom. The predicted octanol–water partition coefficient (Wildman–Crippen LogP) is 7.21. The summed E-state index contributed by atoms with van der Waals surface area (Å²) in [5.41, 5.74) is 6.08. The second kappa shape index (κ2) is 14.4. The van der Waals surface area contributed by atoms with Gasteiger partial charge in [0.05, 0.1) is 61.2 Å². The van der Waals surface area contributed by atoms with Gasteiger partial charge in [-0.1, -0.05) is 0 Å². The molecule has 0 atom stereocenters. The number of hydrogen-bond donors (Lipinski definition) is 0. The number of benzene rings is 3. The van der Waals surface area contributed by atoms with Crippen LogP contribution in [0.4, 0.5) is 11.4 Å². The maximum atomic E-state index is 5.59. The molecular formula is C36H37N3O7. The molecule has 3 aromatic carbocycles. The van der Waals surface area contributed by atoms with E-state index in [9.17, 15) is 0 Å². The Morgan fingerprint density at radius 1 is 0.478 bits per heavy atom. The highest BCUT2D eigenvalue weighted by molar-refractivity contribution is 5.74. The van der Waals surface area contributed by atoms with Crippen molar-refractivity contribution in [3.63, 3.8) is 0 Å². The van der Waals surface area contributed by atoms with Crippen LogP contribution in [-0.2, 0) is 6.54 Å². The zero-order chi connectivity index (χ0) is 32.6. The van der Waals surface area contributed by atoms with Gasteiger partial charge in [-0.2, -0.15) is 0 Å². The Hall–Kier alpha value is -5.64. The van der Waals surface area contributed by atoms with E-state index in [0.29, 0.717) is 41.0 Å². The van der Waals surface area contributed by atoms with Crippen LogP contribution in [0.25, 0.3) is 22.5 Å². The van der Waals surface area contributed by atoms with Gasteiger partial charge < -0.3 is 38.1 Å². The number of hydrogen-bond acceptors (Lipinski definition) is 10. The number of ether oxygens (including phenoxy) is 7. The van der Waals surface area contributed by atoms with Crippen LogP contribution < -0.4 is 38.1 Å². The fourth-order valence-electron chi connectivity index (χ4n) is 5.21. The first-order chi connectivity index (χ1) is 22.5. The van der Waals surface area contributed by atoms with Crippen LogP contribution >= 0.6 is 0 Å². The van der Waals surface area contributed by atoms with Gasteiger partial charge in [-0.15, -0.1) is 0 Å². The van der Waals surface area contributed by atoms with Crippen LogP contribution in [-0.4, -0.2) is 59.7 Å². The Kier molecular flexibility index (Phi) is 9.97. The van der Waals surface area contributed by atoms with Gasteiger partial charge >= 0.3 is 0 Å². The molecule has 0 unspecified atom stereocenters. The number of aromatic nitrogens is 2. The minimum absolute atomic E-state index is 0.519. The van der Waals surface area contributed by atoms with Crippen LogP contribution in [0.1, 0.15) is 5.56 Å². The molecule has 0 aliphatic carbocycles. The molecule has 0 bridgehead atoms. The van der Waals surface area contributed by atoms with Gasteiger partial charge in [-0.3, -0.25) is 9.97 Å². The summed E-state index contributed by atoms with van der Waals surface area (Å²) in [4.78, 5) is 11.6. The molecule has 2 heterocycles. The lowest BCUT2D eigenvalue weighted by Gasteiger charge is -2.26. The molecule has 2 aromatic heterocycles. The smallest absolute Gasteiger partial charge is 0.203 e. The second-order valence-corrected chi connectivity index (χ2v) is 10.1. The largest absolute Gasteiger partial charge is 0.497 e. The van der Waals surface area contributed by atoms with Gasteiger partial charge in [0.25, 0.3) is 0 Å². The SMILES string of the molecule is COc1ccc(N(Cc2ccnc(-c3cc(OC)c(OC)c(OC)c3)c2)c2ccnc(-c3cc(OC)c(OC)c(OC)c3)c2)cc1. The van der Waals surface area contributed by atoms with E-state index in [0.717, 1.165) is 45.2 Å². The lowest BCUT2D eigenvalue weighted by atomic mass is 10.1. The average Bonchev–Trinajstić information content (AvgIpc) is 3.12. The summed E-state index contributed by atoms with van der Waals surface area (Å²) >= 11 is 0. The Bertz CT molecular complexity index is 1740. The first kappa shape index (κ1) is 31.8. The van der Waals surface area contributed by atoms with Crippen molar-refractivity contribution in [2.75, 3.05) is 54.7 Å². The summed E-state index contributed by atoms with van der Waals surface area (Å²) in [7, 11) is 11.2. The highest BCUT2D eigenvalue weighted by Crippen LogP contribution is 2.43. The molecule has 238 valence electrons. The normalized spacial score (nSPS) is 10.6. The van der Waals surface area contributed by atoms with Crippen LogP contribution in [0.5, 0.6) is 40.2 Å².